The number of carbonyl (C=O) groups excluding carboxylic acids is 2. The molecule has 0 aliphatic rings. The molecule has 0 fully saturated rings. The van der Waals surface area contributed by atoms with E-state index in [1.165, 1.54) is 0 Å². The highest BCUT2D eigenvalue weighted by Crippen LogP contribution is 2.03. The van der Waals surface area contributed by atoms with Gasteiger partial charge in [0.15, 0.2) is 0 Å². The Morgan fingerprint density at radius 3 is 2.38 bits per heavy atom. The Labute approximate surface area is 95.2 Å². The van der Waals surface area contributed by atoms with Crippen LogP contribution in [0.25, 0.3) is 0 Å². The molecular weight excluding hydrogens is 210 g/mol. The van der Waals surface area contributed by atoms with Gasteiger partial charge in [0.25, 0.3) is 0 Å². The highest BCUT2D eigenvalue weighted by molar-refractivity contribution is 5.80. The molecule has 0 aromatic rings. The highest BCUT2D eigenvalue weighted by Gasteiger charge is 2.12. The molecule has 0 radical (unpaired) electrons. The van der Waals surface area contributed by atoms with Gasteiger partial charge in [-0.05, 0) is 18.8 Å². The van der Waals surface area contributed by atoms with Crippen molar-refractivity contribution in [3.8, 4) is 0 Å². The van der Waals surface area contributed by atoms with Crippen molar-refractivity contribution in [1.29, 1.82) is 0 Å². The molecule has 0 aliphatic carbocycles. The van der Waals surface area contributed by atoms with E-state index in [9.17, 15) is 14.4 Å². The summed E-state index contributed by atoms with van der Waals surface area (Å²) in [5, 5.41) is 11.0. The lowest BCUT2D eigenvalue weighted by Gasteiger charge is -2.14. The normalized spacial score (nSPS) is 12.2. The van der Waals surface area contributed by atoms with Crippen LogP contribution in [-0.2, 0) is 14.4 Å². The molecule has 1 atom stereocenters. The number of carboxylic acid groups (broad SMARTS) is 1. The molecule has 0 bridgehead atoms. The van der Waals surface area contributed by atoms with Crippen LogP contribution >= 0.6 is 0 Å². The first-order valence-electron chi connectivity index (χ1n) is 5.42. The van der Waals surface area contributed by atoms with Crippen LogP contribution in [0.1, 0.15) is 39.5 Å². The molecule has 92 valence electrons. The second kappa shape index (κ2) is 7.84. The van der Waals surface area contributed by atoms with Crippen molar-refractivity contribution in [2.45, 2.75) is 45.6 Å². The number of carboxylic acids is 1. The molecule has 0 aliphatic heterocycles. The van der Waals surface area contributed by atoms with Gasteiger partial charge in [-0.15, -0.1) is 0 Å². The summed E-state index contributed by atoms with van der Waals surface area (Å²) < 4.78 is 0. The maximum atomic E-state index is 11.3. The third kappa shape index (κ3) is 7.96. The van der Waals surface area contributed by atoms with Crippen LogP contribution in [0.3, 0.4) is 0 Å². The van der Waals surface area contributed by atoms with E-state index in [1.54, 1.807) is 0 Å². The maximum Gasteiger partial charge on any atom is 0.303 e. The standard InChI is InChI=1S/C11H19NO4/c1-8(2)6-9(7-13)12-10(14)4-3-5-11(15)16/h7-9H,3-6H2,1-2H3,(H,12,14)(H,15,16). The summed E-state index contributed by atoms with van der Waals surface area (Å²) in [5.74, 6) is -0.851. The predicted octanol–water partition coefficient (Wildman–Crippen LogP) is 0.971. The van der Waals surface area contributed by atoms with Crippen molar-refractivity contribution in [1.82, 2.24) is 5.32 Å². The number of hydrogen-bond acceptors (Lipinski definition) is 3. The fourth-order valence-electron chi connectivity index (χ4n) is 1.34. The second-order valence-corrected chi connectivity index (χ2v) is 4.19. The van der Waals surface area contributed by atoms with Gasteiger partial charge in [-0.25, -0.2) is 0 Å². The van der Waals surface area contributed by atoms with Gasteiger partial charge in [0.05, 0.1) is 6.04 Å². The molecule has 1 unspecified atom stereocenters. The molecule has 0 saturated heterocycles. The molecule has 0 heterocycles. The second-order valence-electron chi connectivity index (χ2n) is 4.19. The predicted molar refractivity (Wildman–Crippen MR) is 58.9 cm³/mol. The van der Waals surface area contributed by atoms with Crippen molar-refractivity contribution in [2.24, 2.45) is 5.92 Å². The van der Waals surface area contributed by atoms with Gasteiger partial charge in [0, 0.05) is 12.8 Å². The Morgan fingerprint density at radius 1 is 1.31 bits per heavy atom. The summed E-state index contributed by atoms with van der Waals surface area (Å²) in [5.41, 5.74) is 0. The first-order chi connectivity index (χ1) is 7.45. The van der Waals surface area contributed by atoms with Crippen LogP contribution in [0.4, 0.5) is 0 Å². The van der Waals surface area contributed by atoms with E-state index in [0.29, 0.717) is 18.8 Å². The summed E-state index contributed by atoms with van der Waals surface area (Å²) in [4.78, 5) is 32.2. The average molecular weight is 229 g/mol. The quantitative estimate of drug-likeness (QED) is 0.607. The lowest BCUT2D eigenvalue weighted by atomic mass is 10.0. The largest absolute Gasteiger partial charge is 0.481 e. The van der Waals surface area contributed by atoms with Gasteiger partial charge < -0.3 is 15.2 Å². The zero-order valence-corrected chi connectivity index (χ0v) is 9.73. The van der Waals surface area contributed by atoms with Crippen LogP contribution in [0, 0.1) is 5.92 Å². The van der Waals surface area contributed by atoms with Crippen molar-refractivity contribution in [3.63, 3.8) is 0 Å². The number of hydrogen-bond donors (Lipinski definition) is 2. The zero-order chi connectivity index (χ0) is 12.6. The minimum absolute atomic E-state index is 0.0244. The number of carbonyl (C=O) groups is 3. The number of aldehydes is 1. The van der Waals surface area contributed by atoms with E-state index in [0.717, 1.165) is 6.29 Å². The maximum absolute atomic E-state index is 11.3. The van der Waals surface area contributed by atoms with Crippen molar-refractivity contribution < 1.29 is 19.5 Å². The molecule has 1 amide bonds. The monoisotopic (exact) mass is 229 g/mol. The molecule has 0 aromatic carbocycles. The van der Waals surface area contributed by atoms with Gasteiger partial charge in [-0.2, -0.15) is 0 Å². The molecule has 0 spiro atoms. The van der Waals surface area contributed by atoms with Crippen LogP contribution in [-0.4, -0.2) is 29.3 Å². The van der Waals surface area contributed by atoms with E-state index >= 15 is 0 Å². The SMILES string of the molecule is CC(C)CC(C=O)NC(=O)CCCC(=O)O. The average Bonchev–Trinajstić information content (AvgIpc) is 2.15. The first kappa shape index (κ1) is 14.6. The van der Waals surface area contributed by atoms with E-state index in [4.69, 9.17) is 5.11 Å². The molecule has 16 heavy (non-hydrogen) atoms. The summed E-state index contributed by atoms with van der Waals surface area (Å²) in [6.07, 6.45) is 1.75. The highest BCUT2D eigenvalue weighted by atomic mass is 16.4. The Bertz CT molecular complexity index is 250. The molecule has 5 heteroatoms. The van der Waals surface area contributed by atoms with E-state index in [-0.39, 0.29) is 18.7 Å². The van der Waals surface area contributed by atoms with Crippen LogP contribution < -0.4 is 5.32 Å². The van der Waals surface area contributed by atoms with E-state index in [2.05, 4.69) is 5.32 Å². The molecule has 2 N–H and O–H groups in total. The number of amides is 1. The Kier molecular flexibility index (Phi) is 7.16. The zero-order valence-electron chi connectivity index (χ0n) is 9.73. The Balaban J connectivity index is 3.82. The minimum Gasteiger partial charge on any atom is -0.481 e. The van der Waals surface area contributed by atoms with Gasteiger partial charge in [0.2, 0.25) is 5.91 Å². The lowest BCUT2D eigenvalue weighted by Crippen LogP contribution is -2.36. The molecule has 0 saturated carbocycles. The van der Waals surface area contributed by atoms with Crippen molar-refractivity contribution in [2.75, 3.05) is 0 Å². The van der Waals surface area contributed by atoms with Gasteiger partial charge in [0.1, 0.15) is 6.29 Å². The third-order valence-electron chi connectivity index (χ3n) is 2.03. The molecule has 0 aromatic heterocycles. The Hall–Kier alpha value is -1.39. The van der Waals surface area contributed by atoms with Crippen LogP contribution in [0.2, 0.25) is 0 Å². The molecule has 0 rings (SSSR count). The number of nitrogens with one attached hydrogen (secondary N) is 1. The summed E-state index contributed by atoms with van der Waals surface area (Å²) in [7, 11) is 0. The number of aliphatic carboxylic acids is 1. The lowest BCUT2D eigenvalue weighted by molar-refractivity contribution is -0.137. The minimum atomic E-state index is -0.915. The van der Waals surface area contributed by atoms with Gasteiger partial charge >= 0.3 is 5.97 Å². The van der Waals surface area contributed by atoms with E-state index in [1.807, 2.05) is 13.8 Å². The molecular formula is C11H19NO4. The Morgan fingerprint density at radius 2 is 1.94 bits per heavy atom. The smallest absolute Gasteiger partial charge is 0.303 e. The summed E-state index contributed by atoms with van der Waals surface area (Å²) in [6, 6.07) is -0.461. The topological polar surface area (TPSA) is 83.5 Å². The van der Waals surface area contributed by atoms with Gasteiger partial charge in [-0.1, -0.05) is 13.8 Å². The van der Waals surface area contributed by atoms with Crippen LogP contribution in [0.15, 0.2) is 0 Å². The van der Waals surface area contributed by atoms with Crippen LogP contribution in [0.5, 0.6) is 0 Å². The van der Waals surface area contributed by atoms with Crippen molar-refractivity contribution >= 4 is 18.2 Å². The molecule has 5 nitrogen and oxygen atoms in total. The fraction of sp³-hybridized carbons (Fsp3) is 0.727. The van der Waals surface area contributed by atoms with Gasteiger partial charge in [-0.3, -0.25) is 9.59 Å². The fourth-order valence-corrected chi connectivity index (χ4v) is 1.34. The first-order valence-corrected chi connectivity index (χ1v) is 5.42. The van der Waals surface area contributed by atoms with Crippen molar-refractivity contribution in [3.05, 3.63) is 0 Å². The number of rotatable bonds is 8. The summed E-state index contributed by atoms with van der Waals surface area (Å²) >= 11 is 0. The third-order valence-corrected chi connectivity index (χ3v) is 2.03. The summed E-state index contributed by atoms with van der Waals surface area (Å²) in [6.45, 7) is 3.93. The van der Waals surface area contributed by atoms with E-state index < -0.39 is 12.0 Å².